The van der Waals surface area contributed by atoms with Crippen molar-refractivity contribution >= 4 is 15.9 Å². The van der Waals surface area contributed by atoms with E-state index in [9.17, 15) is 5.11 Å². The molecule has 0 spiro atoms. The van der Waals surface area contributed by atoms with Crippen molar-refractivity contribution in [1.82, 2.24) is 0 Å². The summed E-state index contributed by atoms with van der Waals surface area (Å²) in [6.07, 6.45) is 0. The van der Waals surface area contributed by atoms with Gasteiger partial charge in [0, 0.05) is 4.47 Å². The molecule has 0 aliphatic rings. The average Bonchev–Trinajstić information content (AvgIpc) is 1.99. The SMILES string of the molecule is Cc1ccc(Br)c(C#N)c1O. The van der Waals surface area contributed by atoms with Gasteiger partial charge in [-0.1, -0.05) is 6.07 Å². The number of phenolic OH excluding ortho intramolecular Hbond substituents is 1. The molecule has 0 aliphatic carbocycles. The van der Waals surface area contributed by atoms with Crippen LogP contribution in [-0.4, -0.2) is 5.11 Å². The van der Waals surface area contributed by atoms with E-state index >= 15 is 0 Å². The Morgan fingerprint density at radius 2 is 2.18 bits per heavy atom. The summed E-state index contributed by atoms with van der Waals surface area (Å²) in [6.45, 7) is 1.75. The highest BCUT2D eigenvalue weighted by atomic mass is 79.9. The van der Waals surface area contributed by atoms with Gasteiger partial charge in [-0.2, -0.15) is 5.26 Å². The zero-order valence-corrected chi connectivity index (χ0v) is 7.51. The Bertz CT molecular complexity index is 328. The number of hydrogen-bond acceptors (Lipinski definition) is 2. The zero-order valence-electron chi connectivity index (χ0n) is 5.93. The molecule has 0 fully saturated rings. The average molecular weight is 212 g/mol. The van der Waals surface area contributed by atoms with Gasteiger partial charge in [-0.3, -0.25) is 0 Å². The summed E-state index contributed by atoms with van der Waals surface area (Å²) in [5.41, 5.74) is 1.01. The lowest BCUT2D eigenvalue weighted by Gasteiger charge is -2.01. The van der Waals surface area contributed by atoms with Gasteiger partial charge in [-0.05, 0) is 34.5 Å². The lowest BCUT2D eigenvalue weighted by atomic mass is 10.1. The fraction of sp³-hybridized carbons (Fsp3) is 0.125. The summed E-state index contributed by atoms with van der Waals surface area (Å²) in [4.78, 5) is 0. The van der Waals surface area contributed by atoms with E-state index < -0.39 is 0 Å². The Kier molecular flexibility index (Phi) is 2.16. The zero-order chi connectivity index (χ0) is 8.43. The first-order valence-corrected chi connectivity index (χ1v) is 3.84. The molecule has 1 aromatic rings. The summed E-state index contributed by atoms with van der Waals surface area (Å²) in [7, 11) is 0. The van der Waals surface area contributed by atoms with Crippen molar-refractivity contribution in [3.05, 3.63) is 27.7 Å². The molecule has 0 aromatic heterocycles. The van der Waals surface area contributed by atoms with Crippen LogP contribution in [0.5, 0.6) is 5.75 Å². The van der Waals surface area contributed by atoms with Crippen molar-refractivity contribution in [2.24, 2.45) is 0 Å². The van der Waals surface area contributed by atoms with E-state index in [1.165, 1.54) is 0 Å². The van der Waals surface area contributed by atoms with Gasteiger partial charge >= 0.3 is 0 Å². The number of hydrogen-bond donors (Lipinski definition) is 1. The molecular formula is C8H6BrNO. The van der Waals surface area contributed by atoms with Crippen LogP contribution in [0.25, 0.3) is 0 Å². The van der Waals surface area contributed by atoms with Gasteiger partial charge in [-0.25, -0.2) is 0 Å². The number of benzene rings is 1. The molecular weight excluding hydrogens is 206 g/mol. The molecule has 0 unspecified atom stereocenters. The van der Waals surface area contributed by atoms with E-state index in [4.69, 9.17) is 5.26 Å². The van der Waals surface area contributed by atoms with Crippen LogP contribution >= 0.6 is 15.9 Å². The fourth-order valence-corrected chi connectivity index (χ4v) is 1.19. The van der Waals surface area contributed by atoms with Crippen molar-refractivity contribution in [3.8, 4) is 11.8 Å². The van der Waals surface area contributed by atoms with Gasteiger partial charge in [0.05, 0.1) is 0 Å². The summed E-state index contributed by atoms with van der Waals surface area (Å²) < 4.78 is 0.628. The second-order valence-electron chi connectivity index (χ2n) is 2.20. The Morgan fingerprint density at radius 1 is 1.55 bits per heavy atom. The number of aromatic hydroxyl groups is 1. The van der Waals surface area contributed by atoms with Gasteiger partial charge in [0.25, 0.3) is 0 Å². The van der Waals surface area contributed by atoms with Crippen LogP contribution in [0.4, 0.5) is 0 Å². The third-order valence-electron chi connectivity index (χ3n) is 1.44. The minimum absolute atomic E-state index is 0.0573. The Balaban J connectivity index is 3.44. The first-order chi connectivity index (χ1) is 5.16. The minimum Gasteiger partial charge on any atom is -0.506 e. The predicted molar refractivity (Wildman–Crippen MR) is 45.3 cm³/mol. The molecule has 2 nitrogen and oxygen atoms in total. The largest absolute Gasteiger partial charge is 0.506 e. The molecule has 0 heterocycles. The van der Waals surface area contributed by atoms with Crippen LogP contribution < -0.4 is 0 Å². The Morgan fingerprint density at radius 3 is 2.64 bits per heavy atom. The molecule has 1 aromatic carbocycles. The van der Waals surface area contributed by atoms with Gasteiger partial charge in [0.1, 0.15) is 17.4 Å². The number of nitrogens with zero attached hydrogens (tertiary/aromatic N) is 1. The van der Waals surface area contributed by atoms with Crippen molar-refractivity contribution < 1.29 is 5.11 Å². The molecule has 0 saturated heterocycles. The van der Waals surface area contributed by atoms with Gasteiger partial charge in [0.2, 0.25) is 0 Å². The van der Waals surface area contributed by atoms with Crippen molar-refractivity contribution in [3.63, 3.8) is 0 Å². The molecule has 56 valence electrons. The van der Waals surface area contributed by atoms with E-state index in [0.29, 0.717) is 15.6 Å². The van der Waals surface area contributed by atoms with Crippen LogP contribution in [0.3, 0.4) is 0 Å². The second-order valence-corrected chi connectivity index (χ2v) is 3.05. The summed E-state index contributed by atoms with van der Waals surface area (Å²) >= 11 is 3.16. The van der Waals surface area contributed by atoms with E-state index in [-0.39, 0.29) is 5.75 Å². The highest BCUT2D eigenvalue weighted by Crippen LogP contribution is 2.27. The third kappa shape index (κ3) is 1.36. The number of aryl methyl sites for hydroxylation is 1. The Hall–Kier alpha value is -1.01. The van der Waals surface area contributed by atoms with E-state index in [2.05, 4.69) is 15.9 Å². The quantitative estimate of drug-likeness (QED) is 0.717. The lowest BCUT2D eigenvalue weighted by Crippen LogP contribution is -1.82. The molecule has 0 saturated carbocycles. The second kappa shape index (κ2) is 2.93. The maximum atomic E-state index is 9.33. The number of halogens is 1. The third-order valence-corrected chi connectivity index (χ3v) is 2.10. The highest BCUT2D eigenvalue weighted by molar-refractivity contribution is 9.10. The first kappa shape index (κ1) is 8.09. The standard InChI is InChI=1S/C8H6BrNO/c1-5-2-3-7(9)6(4-10)8(5)11/h2-3,11H,1H3. The number of phenols is 1. The van der Waals surface area contributed by atoms with Crippen LogP contribution in [0, 0.1) is 18.3 Å². The first-order valence-electron chi connectivity index (χ1n) is 3.05. The molecule has 3 heteroatoms. The maximum Gasteiger partial charge on any atom is 0.137 e. The molecule has 0 radical (unpaired) electrons. The van der Waals surface area contributed by atoms with Gasteiger partial charge < -0.3 is 5.11 Å². The summed E-state index contributed by atoms with van der Waals surface area (Å²) in [5, 5.41) is 17.9. The molecule has 0 atom stereocenters. The van der Waals surface area contributed by atoms with Crippen molar-refractivity contribution in [2.75, 3.05) is 0 Å². The minimum atomic E-state index is 0.0573. The normalized spacial score (nSPS) is 9.18. The monoisotopic (exact) mass is 211 g/mol. The number of nitriles is 1. The van der Waals surface area contributed by atoms with E-state index in [0.717, 1.165) is 0 Å². The van der Waals surface area contributed by atoms with Gasteiger partial charge in [0.15, 0.2) is 0 Å². The maximum absolute atomic E-state index is 9.33. The molecule has 1 N–H and O–H groups in total. The molecule has 0 amide bonds. The van der Waals surface area contributed by atoms with Crippen LogP contribution in [0.15, 0.2) is 16.6 Å². The summed E-state index contributed by atoms with van der Waals surface area (Å²) in [5.74, 6) is 0.0573. The highest BCUT2D eigenvalue weighted by Gasteiger charge is 2.06. The lowest BCUT2D eigenvalue weighted by molar-refractivity contribution is 0.469. The van der Waals surface area contributed by atoms with Crippen LogP contribution in [0.2, 0.25) is 0 Å². The Labute approximate surface area is 73.2 Å². The van der Waals surface area contributed by atoms with E-state index in [1.807, 2.05) is 6.07 Å². The topological polar surface area (TPSA) is 44.0 Å². The molecule has 1 rings (SSSR count). The number of rotatable bonds is 0. The summed E-state index contributed by atoms with van der Waals surface area (Å²) in [6, 6.07) is 5.40. The van der Waals surface area contributed by atoms with E-state index in [1.54, 1.807) is 19.1 Å². The molecule has 0 bridgehead atoms. The van der Waals surface area contributed by atoms with Crippen LogP contribution in [-0.2, 0) is 0 Å². The fourth-order valence-electron chi connectivity index (χ4n) is 0.777. The van der Waals surface area contributed by atoms with Gasteiger partial charge in [-0.15, -0.1) is 0 Å². The van der Waals surface area contributed by atoms with Crippen molar-refractivity contribution in [2.45, 2.75) is 6.92 Å². The predicted octanol–water partition coefficient (Wildman–Crippen LogP) is 2.33. The molecule has 0 aliphatic heterocycles. The van der Waals surface area contributed by atoms with Crippen molar-refractivity contribution in [1.29, 1.82) is 5.26 Å². The molecule has 11 heavy (non-hydrogen) atoms. The smallest absolute Gasteiger partial charge is 0.137 e. The van der Waals surface area contributed by atoms with Crippen LogP contribution in [0.1, 0.15) is 11.1 Å².